The summed E-state index contributed by atoms with van der Waals surface area (Å²) in [5, 5.41) is 3.19. The molecular weight excluding hydrogens is 829 g/mol. The second-order valence-corrected chi connectivity index (χ2v) is 17.5. The number of nitrogens with one attached hydrogen (secondary N) is 1. The van der Waals surface area contributed by atoms with Crippen molar-refractivity contribution in [2.45, 2.75) is 83.7 Å². The van der Waals surface area contributed by atoms with Crippen LogP contribution in [0.2, 0.25) is 0 Å². The van der Waals surface area contributed by atoms with Crippen LogP contribution in [0.3, 0.4) is 0 Å². The molecule has 0 spiro atoms. The summed E-state index contributed by atoms with van der Waals surface area (Å²) in [4.78, 5) is 63.9. The molecule has 0 unspecified atom stereocenters. The van der Waals surface area contributed by atoms with Crippen LogP contribution in [0.15, 0.2) is 114 Å². The minimum absolute atomic E-state index is 0.0764. The van der Waals surface area contributed by atoms with Gasteiger partial charge in [-0.1, -0.05) is 87.5 Å². The van der Waals surface area contributed by atoms with Crippen molar-refractivity contribution in [3.63, 3.8) is 0 Å². The summed E-state index contributed by atoms with van der Waals surface area (Å²) in [6.07, 6.45) is 8.31. The van der Waals surface area contributed by atoms with Gasteiger partial charge in [-0.2, -0.15) is 0 Å². The largest absolute Gasteiger partial charge is 0.492 e. The molecule has 0 radical (unpaired) electrons. The van der Waals surface area contributed by atoms with Gasteiger partial charge in [0.05, 0.1) is 6.04 Å². The molecule has 6 rings (SSSR count). The zero-order chi connectivity index (χ0) is 47.2. The van der Waals surface area contributed by atoms with Crippen molar-refractivity contribution < 1.29 is 28.7 Å². The molecule has 2 aliphatic rings. The molecule has 2 heterocycles. The number of aliphatic imine (C=N–C) groups is 1. The number of benzene rings is 4. The first-order chi connectivity index (χ1) is 31.9. The molecule has 4 aromatic carbocycles. The Morgan fingerprint density at radius 2 is 1.50 bits per heavy atom. The van der Waals surface area contributed by atoms with Crippen molar-refractivity contribution in [1.29, 1.82) is 0 Å². The van der Waals surface area contributed by atoms with Crippen molar-refractivity contribution in [1.82, 2.24) is 10.2 Å². The van der Waals surface area contributed by atoms with E-state index in [1.807, 2.05) is 42.5 Å². The highest BCUT2D eigenvalue weighted by molar-refractivity contribution is 6.01. The van der Waals surface area contributed by atoms with E-state index in [9.17, 15) is 19.2 Å². The van der Waals surface area contributed by atoms with Gasteiger partial charge in [0.25, 0.3) is 0 Å². The first kappa shape index (κ1) is 49.2. The zero-order valence-corrected chi connectivity index (χ0v) is 38.7. The van der Waals surface area contributed by atoms with E-state index in [1.165, 1.54) is 10.5 Å². The van der Waals surface area contributed by atoms with Crippen molar-refractivity contribution >= 4 is 29.1 Å². The first-order valence-corrected chi connectivity index (χ1v) is 23.3. The summed E-state index contributed by atoms with van der Waals surface area (Å²) < 4.78 is 12.4. The lowest BCUT2D eigenvalue weighted by molar-refractivity contribution is -0.142. The normalized spacial score (nSPS) is 17.9. The van der Waals surface area contributed by atoms with Crippen LogP contribution in [0, 0.1) is 11.8 Å². The Kier molecular flexibility index (Phi) is 17.8. The van der Waals surface area contributed by atoms with E-state index in [2.05, 4.69) is 48.1 Å². The van der Waals surface area contributed by atoms with E-state index in [-0.39, 0.29) is 62.5 Å². The van der Waals surface area contributed by atoms with Crippen LogP contribution in [-0.4, -0.2) is 79.9 Å². The predicted octanol–water partition coefficient (Wildman–Crippen LogP) is 7.72. The third kappa shape index (κ3) is 12.6. The van der Waals surface area contributed by atoms with Gasteiger partial charge >= 0.3 is 0 Å². The minimum atomic E-state index is -1.13. The van der Waals surface area contributed by atoms with Gasteiger partial charge in [0, 0.05) is 79.8 Å². The number of rotatable bonds is 19. The summed E-state index contributed by atoms with van der Waals surface area (Å²) in [5.74, 6) is -1.73. The molecule has 7 N–H and O–H groups in total. The smallest absolute Gasteiger partial charge is 0.226 e. The zero-order valence-electron chi connectivity index (χ0n) is 38.7. The molecule has 348 valence electrons. The maximum absolute atomic E-state index is 14.9. The van der Waals surface area contributed by atoms with Gasteiger partial charge in [-0.15, -0.1) is 0 Å². The summed E-state index contributed by atoms with van der Waals surface area (Å²) in [6, 6.07) is 25.5. The lowest BCUT2D eigenvalue weighted by Crippen LogP contribution is -2.46. The number of fused-ring (bicyclic) bond motifs is 5. The van der Waals surface area contributed by atoms with Crippen LogP contribution in [-0.2, 0) is 27.2 Å². The van der Waals surface area contributed by atoms with Crippen LogP contribution >= 0.6 is 0 Å². The van der Waals surface area contributed by atoms with Crippen LogP contribution in [0.5, 0.6) is 11.5 Å². The van der Waals surface area contributed by atoms with Gasteiger partial charge in [0.2, 0.25) is 11.8 Å². The number of unbranched alkanes of at least 4 members (excludes halogenated alkanes) is 1. The third-order valence-corrected chi connectivity index (χ3v) is 12.4. The SMILES string of the molecule is C=C1C=CN=C([C@@H]2Cc3ccc(OCCN)c(c3)-c3cc(ccc3OCCN)[C@H](N(C)C(=O)[C@H](CCCN)CC(=O)c3ccc(-c4ccc(CCCC)cc4)cc3)C(=O)C[C@@H](C)C(=O)N2)C1. The Labute approximate surface area is 389 Å². The van der Waals surface area contributed by atoms with E-state index < -0.39 is 23.9 Å². The number of hydrogen-bond acceptors (Lipinski definition) is 10. The molecule has 0 saturated heterocycles. The van der Waals surface area contributed by atoms with Gasteiger partial charge in [0.15, 0.2) is 11.6 Å². The number of Topliss-reactive ketones (excluding diaryl/α,β-unsaturated/α-hetero) is 2. The molecule has 2 aliphatic heterocycles. The standard InChI is InChI=1S/C54H66N6O6/c1-5-6-8-37-10-13-39(14-11-37)40-15-17-41(18-16-40)48(61)34-43(9-7-23-55)54(64)60(4)52-42-19-21-51(66-28-25-57)45(33-42)44-31-38(12-20-50(44)65-27-24-56)32-47(46-29-35(2)22-26-58-46)59-53(63)36(3)30-49(52)62/h10-22,26,31,33,36,43,47,52H,2,5-9,23-25,27-30,32,34,55-57H2,1,3-4H3,(H,59,63)/t36-,43-,47+,52+/m1/s1. The monoisotopic (exact) mass is 895 g/mol. The Hall–Kier alpha value is -6.21. The average Bonchev–Trinajstić information content (AvgIpc) is 3.33. The van der Waals surface area contributed by atoms with Gasteiger partial charge in [-0.3, -0.25) is 24.2 Å². The molecule has 0 aliphatic carbocycles. The number of carbonyl (C=O) groups excluding carboxylic acids is 4. The molecule has 12 nitrogen and oxygen atoms in total. The van der Waals surface area contributed by atoms with E-state index in [4.69, 9.17) is 26.7 Å². The summed E-state index contributed by atoms with van der Waals surface area (Å²) in [5.41, 5.74) is 25.9. The molecule has 12 heteroatoms. The fourth-order valence-electron chi connectivity index (χ4n) is 8.68. The van der Waals surface area contributed by atoms with Crippen LogP contribution in [0.25, 0.3) is 22.3 Å². The van der Waals surface area contributed by atoms with Crippen molar-refractivity contribution in [3.05, 3.63) is 132 Å². The molecule has 0 saturated carbocycles. The van der Waals surface area contributed by atoms with Gasteiger partial charge in [0.1, 0.15) is 30.8 Å². The van der Waals surface area contributed by atoms with Crippen molar-refractivity contribution in [3.8, 4) is 33.8 Å². The number of amides is 2. The number of likely N-dealkylation sites (N-methyl/N-ethyl adjacent to an activating group) is 1. The average molecular weight is 895 g/mol. The fraction of sp³-hybridized carbons (Fsp3) is 0.389. The molecule has 4 atom stereocenters. The summed E-state index contributed by atoms with van der Waals surface area (Å²) in [7, 11) is 1.59. The highest BCUT2D eigenvalue weighted by atomic mass is 16.5. The number of hydrogen-bond donors (Lipinski definition) is 4. The number of nitrogens with zero attached hydrogens (tertiary/aromatic N) is 2. The molecular formula is C54H66N6O6. The quantitative estimate of drug-likeness (QED) is 0.0683. The molecule has 0 fully saturated rings. The number of ketones is 2. The number of nitrogens with two attached hydrogens (primary N) is 3. The Morgan fingerprint density at radius 1 is 0.848 bits per heavy atom. The second-order valence-electron chi connectivity index (χ2n) is 17.5. The predicted molar refractivity (Wildman–Crippen MR) is 262 cm³/mol. The van der Waals surface area contributed by atoms with Gasteiger partial charge < -0.3 is 36.9 Å². The summed E-state index contributed by atoms with van der Waals surface area (Å²) in [6.45, 7) is 9.35. The molecule has 66 heavy (non-hydrogen) atoms. The third-order valence-electron chi connectivity index (χ3n) is 12.4. The lowest BCUT2D eigenvalue weighted by Gasteiger charge is -2.32. The first-order valence-electron chi connectivity index (χ1n) is 23.3. The Bertz CT molecular complexity index is 2410. The maximum atomic E-state index is 14.9. The van der Waals surface area contributed by atoms with Crippen molar-refractivity contribution in [2.75, 3.05) is 39.9 Å². The highest BCUT2D eigenvalue weighted by Crippen LogP contribution is 2.41. The number of allylic oxidation sites excluding steroid dienone is 2. The number of carbonyl (C=O) groups is 4. The lowest BCUT2D eigenvalue weighted by atomic mass is 9.87. The number of ether oxygens (including phenoxy) is 2. The van der Waals surface area contributed by atoms with E-state index in [0.717, 1.165) is 47.2 Å². The molecule has 4 bridgehead atoms. The Balaban J connectivity index is 1.37. The van der Waals surface area contributed by atoms with E-state index in [0.29, 0.717) is 66.0 Å². The molecule has 0 aromatic heterocycles. The minimum Gasteiger partial charge on any atom is -0.492 e. The van der Waals surface area contributed by atoms with E-state index in [1.54, 1.807) is 44.4 Å². The number of aryl methyl sites for hydroxylation is 1. The maximum Gasteiger partial charge on any atom is 0.226 e. The Morgan fingerprint density at radius 3 is 2.14 bits per heavy atom. The highest BCUT2D eigenvalue weighted by Gasteiger charge is 2.36. The molecule has 2 amide bonds. The van der Waals surface area contributed by atoms with Crippen molar-refractivity contribution in [2.24, 2.45) is 34.0 Å². The van der Waals surface area contributed by atoms with E-state index >= 15 is 0 Å². The fourth-order valence-corrected chi connectivity index (χ4v) is 8.68. The summed E-state index contributed by atoms with van der Waals surface area (Å²) >= 11 is 0. The van der Waals surface area contributed by atoms with Gasteiger partial charge in [-0.05, 0) is 102 Å². The molecule has 4 aromatic rings. The van der Waals surface area contributed by atoms with Crippen LogP contribution in [0.1, 0.15) is 91.9 Å². The topological polar surface area (TPSA) is 192 Å². The van der Waals surface area contributed by atoms with Crippen LogP contribution < -0.4 is 32.0 Å². The second kappa shape index (κ2) is 23.8. The van der Waals surface area contributed by atoms with Crippen LogP contribution in [0.4, 0.5) is 0 Å². The van der Waals surface area contributed by atoms with Gasteiger partial charge in [-0.25, -0.2) is 0 Å².